The van der Waals surface area contributed by atoms with Crippen LogP contribution < -0.4 is 0 Å². The minimum Gasteiger partial charge on any atom is -0.301 e. The number of rotatable bonds is 4. The SMILES string of the molecule is CC(C)N1CCC(N(C)Cc2cccnc2)CC1. The Morgan fingerprint density at radius 1 is 1.39 bits per heavy atom. The highest BCUT2D eigenvalue weighted by Gasteiger charge is 2.23. The second-order valence-electron chi connectivity index (χ2n) is 5.64. The van der Waals surface area contributed by atoms with Gasteiger partial charge in [-0.1, -0.05) is 6.07 Å². The maximum atomic E-state index is 4.18. The molecule has 3 heteroatoms. The summed E-state index contributed by atoms with van der Waals surface area (Å²) in [5.41, 5.74) is 1.31. The van der Waals surface area contributed by atoms with Crippen molar-refractivity contribution in [3.8, 4) is 0 Å². The second-order valence-corrected chi connectivity index (χ2v) is 5.64. The fourth-order valence-electron chi connectivity index (χ4n) is 2.75. The van der Waals surface area contributed by atoms with Gasteiger partial charge in [0.05, 0.1) is 0 Å². The topological polar surface area (TPSA) is 19.4 Å². The van der Waals surface area contributed by atoms with Crippen molar-refractivity contribution in [3.05, 3.63) is 30.1 Å². The van der Waals surface area contributed by atoms with Crippen molar-refractivity contribution in [2.24, 2.45) is 0 Å². The monoisotopic (exact) mass is 247 g/mol. The van der Waals surface area contributed by atoms with E-state index in [1.54, 1.807) is 0 Å². The Balaban J connectivity index is 1.82. The van der Waals surface area contributed by atoms with Gasteiger partial charge in [-0.15, -0.1) is 0 Å². The number of aromatic nitrogens is 1. The molecule has 0 unspecified atom stereocenters. The van der Waals surface area contributed by atoms with Gasteiger partial charge in [-0.25, -0.2) is 0 Å². The summed E-state index contributed by atoms with van der Waals surface area (Å²) in [5.74, 6) is 0. The van der Waals surface area contributed by atoms with Crippen molar-refractivity contribution in [1.29, 1.82) is 0 Å². The van der Waals surface area contributed by atoms with Crippen molar-refractivity contribution >= 4 is 0 Å². The van der Waals surface area contributed by atoms with E-state index in [-0.39, 0.29) is 0 Å². The maximum Gasteiger partial charge on any atom is 0.0312 e. The van der Waals surface area contributed by atoms with Gasteiger partial charge in [-0.3, -0.25) is 9.88 Å². The minimum atomic E-state index is 0.689. The van der Waals surface area contributed by atoms with Crippen LogP contribution in [0.5, 0.6) is 0 Å². The Kier molecular flexibility index (Phi) is 4.72. The number of nitrogens with zero attached hydrogens (tertiary/aromatic N) is 3. The summed E-state index contributed by atoms with van der Waals surface area (Å²) < 4.78 is 0. The summed E-state index contributed by atoms with van der Waals surface area (Å²) in [6.45, 7) is 8.07. The highest BCUT2D eigenvalue weighted by atomic mass is 15.2. The van der Waals surface area contributed by atoms with Gasteiger partial charge in [-0.05, 0) is 58.5 Å². The smallest absolute Gasteiger partial charge is 0.0312 e. The quantitative estimate of drug-likeness (QED) is 0.814. The van der Waals surface area contributed by atoms with Gasteiger partial charge in [0.25, 0.3) is 0 Å². The van der Waals surface area contributed by atoms with E-state index in [9.17, 15) is 0 Å². The van der Waals surface area contributed by atoms with Crippen LogP contribution in [0.4, 0.5) is 0 Å². The third-order valence-electron chi connectivity index (χ3n) is 4.01. The number of pyridine rings is 1. The van der Waals surface area contributed by atoms with Crippen LogP contribution in [0, 0.1) is 0 Å². The van der Waals surface area contributed by atoms with E-state index in [2.05, 4.69) is 41.7 Å². The van der Waals surface area contributed by atoms with E-state index in [1.807, 2.05) is 18.5 Å². The number of piperidine rings is 1. The van der Waals surface area contributed by atoms with Crippen LogP contribution in [-0.2, 0) is 6.54 Å². The fraction of sp³-hybridized carbons (Fsp3) is 0.667. The van der Waals surface area contributed by atoms with Gasteiger partial charge >= 0.3 is 0 Å². The first-order chi connectivity index (χ1) is 8.66. The molecule has 1 aromatic rings. The fourth-order valence-corrected chi connectivity index (χ4v) is 2.75. The zero-order valence-corrected chi connectivity index (χ0v) is 11.8. The molecule has 0 atom stereocenters. The van der Waals surface area contributed by atoms with E-state index in [0.29, 0.717) is 6.04 Å². The molecule has 1 aromatic heterocycles. The Hall–Kier alpha value is -0.930. The average Bonchev–Trinajstić information content (AvgIpc) is 2.40. The zero-order valence-electron chi connectivity index (χ0n) is 11.8. The van der Waals surface area contributed by atoms with Crippen molar-refractivity contribution in [3.63, 3.8) is 0 Å². The molecule has 1 saturated heterocycles. The summed E-state index contributed by atoms with van der Waals surface area (Å²) in [6, 6.07) is 5.59. The molecule has 2 rings (SSSR count). The molecular weight excluding hydrogens is 222 g/mol. The van der Waals surface area contributed by atoms with Crippen molar-refractivity contribution in [2.75, 3.05) is 20.1 Å². The molecule has 0 N–H and O–H groups in total. The molecule has 1 aliphatic heterocycles. The third-order valence-corrected chi connectivity index (χ3v) is 4.01. The summed E-state index contributed by atoms with van der Waals surface area (Å²) in [6.07, 6.45) is 6.38. The number of hydrogen-bond acceptors (Lipinski definition) is 3. The van der Waals surface area contributed by atoms with E-state index in [4.69, 9.17) is 0 Å². The lowest BCUT2D eigenvalue weighted by Crippen LogP contribution is -2.45. The van der Waals surface area contributed by atoms with E-state index >= 15 is 0 Å². The normalized spacial score (nSPS) is 18.7. The summed E-state index contributed by atoms with van der Waals surface area (Å²) in [7, 11) is 2.24. The maximum absolute atomic E-state index is 4.18. The van der Waals surface area contributed by atoms with Crippen LogP contribution in [0.3, 0.4) is 0 Å². The lowest BCUT2D eigenvalue weighted by molar-refractivity contribution is 0.104. The molecule has 18 heavy (non-hydrogen) atoms. The van der Waals surface area contributed by atoms with Crippen molar-refractivity contribution in [2.45, 2.75) is 45.3 Å². The largest absolute Gasteiger partial charge is 0.301 e. The lowest BCUT2D eigenvalue weighted by Gasteiger charge is -2.38. The summed E-state index contributed by atoms with van der Waals surface area (Å²) in [5, 5.41) is 0. The number of likely N-dealkylation sites (tertiary alicyclic amines) is 1. The Bertz CT molecular complexity index is 342. The molecule has 0 spiro atoms. The molecule has 0 saturated carbocycles. The first kappa shape index (κ1) is 13.5. The first-order valence-corrected chi connectivity index (χ1v) is 7.00. The van der Waals surface area contributed by atoms with Crippen LogP contribution in [-0.4, -0.2) is 47.0 Å². The Morgan fingerprint density at radius 2 is 2.11 bits per heavy atom. The third kappa shape index (κ3) is 3.53. The molecule has 2 heterocycles. The predicted octanol–water partition coefficient (Wildman–Crippen LogP) is 2.39. The zero-order chi connectivity index (χ0) is 13.0. The highest BCUT2D eigenvalue weighted by molar-refractivity contribution is 5.08. The highest BCUT2D eigenvalue weighted by Crippen LogP contribution is 2.18. The predicted molar refractivity (Wildman–Crippen MR) is 75.4 cm³/mol. The standard InChI is InChI=1S/C15H25N3/c1-13(2)18-9-6-15(7-10-18)17(3)12-14-5-4-8-16-11-14/h4-5,8,11,13,15H,6-7,9-10,12H2,1-3H3. The van der Waals surface area contributed by atoms with E-state index in [1.165, 1.54) is 31.5 Å². The molecular formula is C15H25N3. The molecule has 0 radical (unpaired) electrons. The number of hydrogen-bond donors (Lipinski definition) is 0. The van der Waals surface area contributed by atoms with E-state index in [0.717, 1.165) is 12.6 Å². The van der Waals surface area contributed by atoms with Crippen LogP contribution >= 0.6 is 0 Å². The molecule has 0 aliphatic carbocycles. The first-order valence-electron chi connectivity index (χ1n) is 7.00. The van der Waals surface area contributed by atoms with Crippen LogP contribution in [0.25, 0.3) is 0 Å². The van der Waals surface area contributed by atoms with Gasteiger partial charge in [0.15, 0.2) is 0 Å². The summed E-state index contributed by atoms with van der Waals surface area (Å²) in [4.78, 5) is 9.24. The van der Waals surface area contributed by atoms with Crippen molar-refractivity contribution < 1.29 is 0 Å². The molecule has 1 aliphatic rings. The van der Waals surface area contributed by atoms with Gasteiger partial charge in [0.1, 0.15) is 0 Å². The van der Waals surface area contributed by atoms with Crippen LogP contribution in [0.15, 0.2) is 24.5 Å². The van der Waals surface area contributed by atoms with Crippen molar-refractivity contribution in [1.82, 2.24) is 14.8 Å². The molecule has 3 nitrogen and oxygen atoms in total. The van der Waals surface area contributed by atoms with Crippen LogP contribution in [0.1, 0.15) is 32.3 Å². The second kappa shape index (κ2) is 6.30. The van der Waals surface area contributed by atoms with Gasteiger partial charge < -0.3 is 4.90 Å². The van der Waals surface area contributed by atoms with Gasteiger partial charge in [0.2, 0.25) is 0 Å². The van der Waals surface area contributed by atoms with Gasteiger partial charge in [0, 0.05) is 31.0 Å². The van der Waals surface area contributed by atoms with E-state index < -0.39 is 0 Å². The summed E-state index contributed by atoms with van der Waals surface area (Å²) >= 11 is 0. The Labute approximate surface area is 111 Å². The lowest BCUT2D eigenvalue weighted by atomic mass is 10.0. The molecule has 0 bridgehead atoms. The molecule has 0 amide bonds. The molecule has 1 fully saturated rings. The Morgan fingerprint density at radius 3 is 2.67 bits per heavy atom. The minimum absolute atomic E-state index is 0.689. The van der Waals surface area contributed by atoms with Crippen LogP contribution in [0.2, 0.25) is 0 Å². The average molecular weight is 247 g/mol. The van der Waals surface area contributed by atoms with Gasteiger partial charge in [-0.2, -0.15) is 0 Å². The molecule has 0 aromatic carbocycles. The molecule has 100 valence electrons.